The molecule has 0 saturated heterocycles. The first kappa shape index (κ1) is 49.9. The number of para-hydroxylation sites is 2. The fourth-order valence-corrected chi connectivity index (χ4v) is 15.4. The third-order valence-electron chi connectivity index (χ3n) is 19.0. The van der Waals surface area contributed by atoms with Gasteiger partial charge in [0, 0.05) is 55.7 Å². The second-order valence-corrected chi connectivity index (χ2v) is 23.4. The molecule has 0 aliphatic heterocycles. The topological polar surface area (TPSA) is 32.8 Å². The van der Waals surface area contributed by atoms with Crippen molar-refractivity contribution in [2.45, 2.75) is 10.8 Å². The van der Waals surface area contributed by atoms with Crippen molar-refractivity contribution in [1.82, 2.24) is 0 Å². The number of benzene rings is 14. The Labute approximate surface area is 509 Å². The smallest absolute Gasteiger partial charge is 0.136 e. The highest BCUT2D eigenvalue weighted by Gasteiger charge is 2.47. The molecule has 412 valence electrons. The molecule has 4 nitrogen and oxygen atoms in total. The summed E-state index contributed by atoms with van der Waals surface area (Å²) < 4.78 is 13.6. The van der Waals surface area contributed by atoms with E-state index >= 15 is 0 Å². The Hall–Kier alpha value is -11.5. The first-order valence-electron chi connectivity index (χ1n) is 30.3. The summed E-state index contributed by atoms with van der Waals surface area (Å²) in [5.74, 6) is 0. The van der Waals surface area contributed by atoms with Crippen molar-refractivity contribution < 1.29 is 8.83 Å². The lowest BCUT2D eigenvalue weighted by Gasteiger charge is -2.35. The van der Waals surface area contributed by atoms with E-state index in [-0.39, 0.29) is 0 Å². The van der Waals surface area contributed by atoms with Gasteiger partial charge in [0.2, 0.25) is 0 Å². The molecule has 0 unspecified atom stereocenters. The van der Waals surface area contributed by atoms with Crippen LogP contribution in [0.4, 0.5) is 34.1 Å². The Morgan fingerprint density at radius 1 is 0.205 bits per heavy atom. The van der Waals surface area contributed by atoms with Crippen LogP contribution in [0.5, 0.6) is 0 Å². The Kier molecular flexibility index (Phi) is 11.1. The van der Waals surface area contributed by atoms with E-state index in [1.165, 1.54) is 66.8 Å². The van der Waals surface area contributed by atoms with E-state index in [1.54, 1.807) is 0 Å². The zero-order chi connectivity index (χ0) is 57.9. The van der Waals surface area contributed by atoms with Crippen LogP contribution in [0, 0.1) is 0 Å². The third-order valence-corrected chi connectivity index (χ3v) is 19.0. The highest BCUT2D eigenvalue weighted by molar-refractivity contribution is 6.28. The summed E-state index contributed by atoms with van der Waals surface area (Å²) in [6.07, 6.45) is 0. The molecule has 2 heterocycles. The van der Waals surface area contributed by atoms with E-state index in [0.717, 1.165) is 88.8 Å². The quantitative estimate of drug-likeness (QED) is 0.137. The molecule has 0 fully saturated rings. The van der Waals surface area contributed by atoms with Crippen LogP contribution in [-0.4, -0.2) is 0 Å². The molecule has 2 aliphatic rings. The lowest BCUT2D eigenvalue weighted by atomic mass is 9.67. The van der Waals surface area contributed by atoms with Gasteiger partial charge in [-0.2, -0.15) is 0 Å². The molecule has 88 heavy (non-hydrogen) atoms. The van der Waals surface area contributed by atoms with Gasteiger partial charge in [0.05, 0.1) is 10.8 Å². The summed E-state index contributed by atoms with van der Waals surface area (Å²) >= 11 is 0. The summed E-state index contributed by atoms with van der Waals surface area (Å²) in [4.78, 5) is 4.78. The molecular formula is C84H54N2O2. The first-order chi connectivity index (χ1) is 43.6. The maximum Gasteiger partial charge on any atom is 0.136 e. The molecule has 0 N–H and O–H groups in total. The van der Waals surface area contributed by atoms with Crippen LogP contribution >= 0.6 is 0 Å². The van der Waals surface area contributed by atoms with Crippen molar-refractivity contribution in [1.29, 1.82) is 0 Å². The average molecular weight is 1120 g/mol. The molecule has 2 aliphatic carbocycles. The van der Waals surface area contributed by atoms with Crippen molar-refractivity contribution >= 4 is 88.8 Å². The molecule has 2 aromatic heterocycles. The van der Waals surface area contributed by atoms with Gasteiger partial charge in [0.15, 0.2) is 0 Å². The fraction of sp³-hybridized carbons (Fsp3) is 0.0238. The summed E-state index contributed by atoms with van der Waals surface area (Å²) in [7, 11) is 0. The monoisotopic (exact) mass is 1120 g/mol. The lowest BCUT2D eigenvalue weighted by Crippen LogP contribution is -2.28. The largest absolute Gasteiger partial charge is 0.456 e. The van der Waals surface area contributed by atoms with E-state index in [4.69, 9.17) is 8.83 Å². The number of hydrogen-bond donors (Lipinski definition) is 0. The highest BCUT2D eigenvalue weighted by Crippen LogP contribution is 2.59. The van der Waals surface area contributed by atoms with Crippen LogP contribution in [0.15, 0.2) is 336 Å². The second kappa shape index (κ2) is 19.5. The van der Waals surface area contributed by atoms with E-state index in [9.17, 15) is 0 Å². The maximum atomic E-state index is 6.82. The summed E-state index contributed by atoms with van der Waals surface area (Å²) in [5.41, 5.74) is 23.6. The molecule has 0 spiro atoms. The van der Waals surface area contributed by atoms with Gasteiger partial charge in [-0.1, -0.05) is 218 Å². The molecule has 0 saturated carbocycles. The molecule has 0 atom stereocenters. The number of anilines is 6. The van der Waals surface area contributed by atoms with Crippen molar-refractivity contribution in [2.24, 2.45) is 0 Å². The van der Waals surface area contributed by atoms with Crippen LogP contribution in [0.25, 0.3) is 76.9 Å². The Bertz CT molecular complexity index is 4980. The van der Waals surface area contributed by atoms with Crippen LogP contribution in [0.1, 0.15) is 44.5 Å². The predicted molar refractivity (Wildman–Crippen MR) is 362 cm³/mol. The molecular weight excluding hydrogens is 1070 g/mol. The summed E-state index contributed by atoms with van der Waals surface area (Å²) in [6, 6.07) is 120. The van der Waals surface area contributed by atoms with Crippen molar-refractivity contribution in [3.8, 4) is 22.3 Å². The molecule has 0 radical (unpaired) electrons. The molecule has 18 rings (SSSR count). The predicted octanol–water partition coefficient (Wildman–Crippen LogP) is 22.3. The summed E-state index contributed by atoms with van der Waals surface area (Å²) in [5, 5.41) is 6.41. The molecule has 16 aromatic rings. The standard InChI is InChI=1S/C84H54N2O2/c1-5-23-55(24-6-1)83(73-39-17-13-35-65(73)66-36-14-18-40-74(66)83)57-27-21-33-61(51-57)85(59-29-9-3-10-30-59)63-43-47-77-71(53-63)81-69-45-50-80-82(70(69)46-49-79(81)87-77)72-54-64(44-48-78(72)88-80)86(60-31-11-4-12-32-60)62-34-22-28-58(52-62)84(56-25-7-2-8-26-56)75-41-19-15-37-67(75)68-38-16-20-42-76(68)84/h1-54H. The molecule has 14 aromatic carbocycles. The number of furan rings is 2. The van der Waals surface area contributed by atoms with Crippen molar-refractivity contribution in [3.63, 3.8) is 0 Å². The fourth-order valence-electron chi connectivity index (χ4n) is 15.4. The normalized spacial score (nSPS) is 13.4. The van der Waals surface area contributed by atoms with E-state index in [0.29, 0.717) is 0 Å². The van der Waals surface area contributed by atoms with Crippen LogP contribution in [-0.2, 0) is 10.8 Å². The van der Waals surface area contributed by atoms with Gasteiger partial charge in [-0.05, 0) is 187 Å². The van der Waals surface area contributed by atoms with Gasteiger partial charge >= 0.3 is 0 Å². The Morgan fingerprint density at radius 2 is 0.500 bits per heavy atom. The number of nitrogens with zero attached hydrogens (tertiary/aromatic N) is 2. The van der Waals surface area contributed by atoms with Crippen molar-refractivity contribution in [3.05, 3.63) is 372 Å². The first-order valence-corrected chi connectivity index (χ1v) is 30.3. The SMILES string of the molecule is c1ccc(N(c2cccc(C3(c4ccccc4)c4ccccc4-c4ccccc43)c2)c2ccc3oc4ccc5c(ccc6oc7ccc(N(c8ccccc8)c8cccc(C9(c%10ccccc%10)c%10ccccc%10-c%10ccccc%109)c8)cc7c65)c4c3c2)cc1. The van der Waals surface area contributed by atoms with Crippen molar-refractivity contribution in [2.75, 3.05) is 9.80 Å². The lowest BCUT2D eigenvalue weighted by molar-refractivity contribution is 0.668. The molecule has 4 heteroatoms. The number of hydrogen-bond acceptors (Lipinski definition) is 4. The van der Waals surface area contributed by atoms with Gasteiger partial charge < -0.3 is 18.6 Å². The van der Waals surface area contributed by atoms with Crippen LogP contribution < -0.4 is 9.80 Å². The van der Waals surface area contributed by atoms with Gasteiger partial charge in [-0.15, -0.1) is 0 Å². The van der Waals surface area contributed by atoms with Gasteiger partial charge in [0.25, 0.3) is 0 Å². The van der Waals surface area contributed by atoms with Gasteiger partial charge in [-0.25, -0.2) is 0 Å². The second-order valence-electron chi connectivity index (χ2n) is 23.4. The van der Waals surface area contributed by atoms with E-state index in [2.05, 4.69) is 337 Å². The zero-order valence-electron chi connectivity index (χ0n) is 47.9. The van der Waals surface area contributed by atoms with Crippen LogP contribution in [0.2, 0.25) is 0 Å². The van der Waals surface area contributed by atoms with Crippen LogP contribution in [0.3, 0.4) is 0 Å². The third kappa shape index (κ3) is 7.20. The minimum absolute atomic E-state index is 0.549. The molecule has 0 bridgehead atoms. The minimum atomic E-state index is -0.549. The van der Waals surface area contributed by atoms with E-state index < -0.39 is 10.8 Å². The van der Waals surface area contributed by atoms with E-state index in [1.807, 2.05) is 0 Å². The zero-order valence-corrected chi connectivity index (χ0v) is 47.9. The maximum absolute atomic E-state index is 6.82. The number of fused-ring (bicyclic) bond motifs is 15. The summed E-state index contributed by atoms with van der Waals surface area (Å²) in [6.45, 7) is 0. The van der Waals surface area contributed by atoms with Gasteiger partial charge in [-0.3, -0.25) is 0 Å². The number of rotatable bonds is 10. The highest BCUT2D eigenvalue weighted by atomic mass is 16.3. The van der Waals surface area contributed by atoms with Gasteiger partial charge in [0.1, 0.15) is 22.3 Å². The minimum Gasteiger partial charge on any atom is -0.456 e. The Balaban J connectivity index is 0.795. The molecule has 0 amide bonds. The average Bonchev–Trinajstić information content (AvgIpc) is 1.56. The Morgan fingerprint density at radius 3 is 0.875 bits per heavy atom.